The summed E-state index contributed by atoms with van der Waals surface area (Å²) in [5, 5.41) is 3.60. The van der Waals surface area contributed by atoms with Gasteiger partial charge in [-0.05, 0) is 49.9 Å². The quantitative estimate of drug-likeness (QED) is 0.870. The van der Waals surface area contributed by atoms with Gasteiger partial charge in [-0.3, -0.25) is 0 Å². The fourth-order valence-corrected chi connectivity index (χ4v) is 2.36. The SMILES string of the molecule is COc1ccc2c(c1)C(NCC(C)(C)OC)CC2. The minimum Gasteiger partial charge on any atom is -0.497 e. The van der Waals surface area contributed by atoms with Crippen LogP contribution in [0.4, 0.5) is 0 Å². The molecule has 100 valence electrons. The fraction of sp³-hybridized carbons (Fsp3) is 0.600. The van der Waals surface area contributed by atoms with Crippen molar-refractivity contribution in [1.29, 1.82) is 0 Å². The van der Waals surface area contributed by atoms with Gasteiger partial charge in [0, 0.05) is 19.7 Å². The van der Waals surface area contributed by atoms with Gasteiger partial charge in [0.25, 0.3) is 0 Å². The van der Waals surface area contributed by atoms with Gasteiger partial charge in [-0.25, -0.2) is 0 Å². The average molecular weight is 249 g/mol. The molecule has 0 spiro atoms. The van der Waals surface area contributed by atoms with Crippen LogP contribution in [0.3, 0.4) is 0 Å². The summed E-state index contributed by atoms with van der Waals surface area (Å²) in [5.74, 6) is 0.938. The molecule has 18 heavy (non-hydrogen) atoms. The number of hydrogen-bond donors (Lipinski definition) is 1. The summed E-state index contributed by atoms with van der Waals surface area (Å²) in [7, 11) is 3.47. The van der Waals surface area contributed by atoms with Crippen LogP contribution < -0.4 is 10.1 Å². The predicted octanol–water partition coefficient (Wildman–Crippen LogP) is 2.70. The van der Waals surface area contributed by atoms with Gasteiger partial charge in [0.2, 0.25) is 0 Å². The van der Waals surface area contributed by atoms with Crippen LogP contribution in [0.1, 0.15) is 37.4 Å². The van der Waals surface area contributed by atoms with Crippen LogP contribution >= 0.6 is 0 Å². The Morgan fingerprint density at radius 2 is 2.11 bits per heavy atom. The molecule has 0 saturated carbocycles. The Bertz CT molecular complexity index is 415. The summed E-state index contributed by atoms with van der Waals surface area (Å²) in [4.78, 5) is 0. The lowest BCUT2D eigenvalue weighted by atomic mass is 10.1. The standard InChI is InChI=1S/C15H23NO2/c1-15(2,18-4)10-16-14-8-6-11-5-7-12(17-3)9-13(11)14/h5,7,9,14,16H,6,8,10H2,1-4H3. The first-order chi connectivity index (χ1) is 8.55. The van der Waals surface area contributed by atoms with Crippen molar-refractivity contribution < 1.29 is 9.47 Å². The zero-order valence-corrected chi connectivity index (χ0v) is 11.7. The summed E-state index contributed by atoms with van der Waals surface area (Å²) >= 11 is 0. The first kappa shape index (κ1) is 13.4. The lowest BCUT2D eigenvalue weighted by Gasteiger charge is -2.26. The van der Waals surface area contributed by atoms with Crippen LogP contribution in [0, 0.1) is 0 Å². The summed E-state index contributed by atoms with van der Waals surface area (Å²) in [6, 6.07) is 6.79. The highest BCUT2D eigenvalue weighted by Gasteiger charge is 2.25. The van der Waals surface area contributed by atoms with E-state index in [1.54, 1.807) is 14.2 Å². The number of rotatable bonds is 5. The topological polar surface area (TPSA) is 30.5 Å². The van der Waals surface area contributed by atoms with Crippen molar-refractivity contribution in [3.63, 3.8) is 0 Å². The summed E-state index contributed by atoms with van der Waals surface area (Å²) in [6.45, 7) is 5.05. The third-order valence-electron chi connectivity index (χ3n) is 3.76. The maximum absolute atomic E-state index is 5.44. The Labute approximate surface area is 109 Å². The molecule has 0 saturated heterocycles. The van der Waals surface area contributed by atoms with E-state index < -0.39 is 0 Å². The molecule has 0 aliphatic heterocycles. The summed E-state index contributed by atoms with van der Waals surface area (Å²) in [6.07, 6.45) is 2.30. The Hall–Kier alpha value is -1.06. The normalized spacial score (nSPS) is 18.8. The molecule has 1 atom stereocenters. The third kappa shape index (κ3) is 2.85. The Kier molecular flexibility index (Phi) is 3.93. The van der Waals surface area contributed by atoms with Crippen molar-refractivity contribution in [2.45, 2.75) is 38.3 Å². The maximum Gasteiger partial charge on any atom is 0.119 e. The monoisotopic (exact) mass is 249 g/mol. The molecule has 0 radical (unpaired) electrons. The first-order valence-corrected chi connectivity index (χ1v) is 6.51. The van der Waals surface area contributed by atoms with Crippen LogP contribution in [0.5, 0.6) is 5.75 Å². The lowest BCUT2D eigenvalue weighted by molar-refractivity contribution is 0.0210. The van der Waals surface area contributed by atoms with Crippen molar-refractivity contribution in [2.24, 2.45) is 0 Å². The highest BCUT2D eigenvalue weighted by Crippen LogP contribution is 2.33. The van der Waals surface area contributed by atoms with E-state index in [1.807, 2.05) is 6.07 Å². The van der Waals surface area contributed by atoms with Crippen LogP contribution in [0.15, 0.2) is 18.2 Å². The molecule has 0 aromatic heterocycles. The van der Waals surface area contributed by atoms with Crippen molar-refractivity contribution in [3.8, 4) is 5.75 Å². The molecule has 1 unspecified atom stereocenters. The smallest absolute Gasteiger partial charge is 0.119 e. The van der Waals surface area contributed by atoms with Gasteiger partial charge in [-0.1, -0.05) is 6.07 Å². The first-order valence-electron chi connectivity index (χ1n) is 6.51. The molecule has 1 aromatic carbocycles. The minimum atomic E-state index is -0.123. The number of nitrogens with one attached hydrogen (secondary N) is 1. The largest absolute Gasteiger partial charge is 0.497 e. The summed E-state index contributed by atoms with van der Waals surface area (Å²) < 4.78 is 10.7. The van der Waals surface area contributed by atoms with E-state index in [4.69, 9.17) is 9.47 Å². The van der Waals surface area contributed by atoms with E-state index in [9.17, 15) is 0 Å². The molecule has 3 nitrogen and oxygen atoms in total. The van der Waals surface area contributed by atoms with Crippen LogP contribution in [-0.4, -0.2) is 26.4 Å². The fourth-order valence-electron chi connectivity index (χ4n) is 2.36. The molecule has 0 heterocycles. The van der Waals surface area contributed by atoms with Gasteiger partial charge < -0.3 is 14.8 Å². The highest BCUT2D eigenvalue weighted by molar-refractivity contribution is 5.40. The number of ether oxygens (including phenoxy) is 2. The molecular weight excluding hydrogens is 226 g/mol. The van der Waals surface area contributed by atoms with Gasteiger partial charge >= 0.3 is 0 Å². The second kappa shape index (κ2) is 5.29. The Balaban J connectivity index is 2.06. The molecule has 0 bridgehead atoms. The van der Waals surface area contributed by atoms with E-state index in [0.29, 0.717) is 6.04 Å². The van der Waals surface area contributed by atoms with Gasteiger partial charge in [-0.2, -0.15) is 0 Å². The highest BCUT2D eigenvalue weighted by atomic mass is 16.5. The molecule has 3 heteroatoms. The van der Waals surface area contributed by atoms with E-state index >= 15 is 0 Å². The molecule has 2 rings (SSSR count). The van der Waals surface area contributed by atoms with E-state index in [1.165, 1.54) is 11.1 Å². The third-order valence-corrected chi connectivity index (χ3v) is 3.76. The second-order valence-corrected chi connectivity index (χ2v) is 5.50. The molecule has 1 aliphatic carbocycles. The van der Waals surface area contributed by atoms with E-state index in [2.05, 4.69) is 31.3 Å². The molecule has 1 N–H and O–H groups in total. The predicted molar refractivity (Wildman–Crippen MR) is 73.1 cm³/mol. The zero-order chi connectivity index (χ0) is 13.2. The minimum absolute atomic E-state index is 0.123. The molecule has 1 aliphatic rings. The molecule has 0 amide bonds. The van der Waals surface area contributed by atoms with Crippen molar-refractivity contribution in [1.82, 2.24) is 5.32 Å². The Morgan fingerprint density at radius 3 is 2.78 bits per heavy atom. The molecular formula is C15H23NO2. The van der Waals surface area contributed by atoms with Gasteiger partial charge in [-0.15, -0.1) is 0 Å². The van der Waals surface area contributed by atoms with Crippen LogP contribution in [0.2, 0.25) is 0 Å². The zero-order valence-electron chi connectivity index (χ0n) is 11.7. The van der Waals surface area contributed by atoms with E-state index in [0.717, 1.165) is 25.1 Å². The number of fused-ring (bicyclic) bond motifs is 1. The molecule has 0 fully saturated rings. The van der Waals surface area contributed by atoms with Gasteiger partial charge in [0.1, 0.15) is 5.75 Å². The van der Waals surface area contributed by atoms with Gasteiger partial charge in [0.05, 0.1) is 12.7 Å². The number of benzene rings is 1. The summed E-state index contributed by atoms with van der Waals surface area (Å²) in [5.41, 5.74) is 2.69. The Morgan fingerprint density at radius 1 is 1.33 bits per heavy atom. The van der Waals surface area contributed by atoms with Gasteiger partial charge in [0.15, 0.2) is 0 Å². The molecule has 1 aromatic rings. The van der Waals surface area contributed by atoms with Crippen LogP contribution in [0.25, 0.3) is 0 Å². The van der Waals surface area contributed by atoms with Crippen LogP contribution in [-0.2, 0) is 11.2 Å². The van der Waals surface area contributed by atoms with Crippen molar-refractivity contribution >= 4 is 0 Å². The average Bonchev–Trinajstić information content (AvgIpc) is 2.78. The van der Waals surface area contributed by atoms with E-state index in [-0.39, 0.29) is 5.60 Å². The maximum atomic E-state index is 5.44. The van der Waals surface area contributed by atoms with Crippen molar-refractivity contribution in [3.05, 3.63) is 29.3 Å². The number of methoxy groups -OCH3 is 2. The second-order valence-electron chi connectivity index (χ2n) is 5.50. The van der Waals surface area contributed by atoms with Crippen molar-refractivity contribution in [2.75, 3.05) is 20.8 Å². The number of aryl methyl sites for hydroxylation is 1. The number of hydrogen-bond acceptors (Lipinski definition) is 3. The lowest BCUT2D eigenvalue weighted by Crippen LogP contribution is -2.38.